The molecule has 1 aromatic rings. The smallest absolute Gasteiger partial charge is 0.224 e. The van der Waals surface area contributed by atoms with E-state index in [1.54, 1.807) is 0 Å². The average molecular weight is 248 g/mol. The average Bonchev–Trinajstić information content (AvgIpc) is 3.08. The van der Waals surface area contributed by atoms with E-state index in [-0.39, 0.29) is 17.9 Å². The SMILES string of the molecule is Nc1cccc(CC(=O)NCC2(CCO)CC2)c1. The molecule has 0 aliphatic heterocycles. The van der Waals surface area contributed by atoms with Crippen LogP contribution < -0.4 is 11.1 Å². The first-order valence-corrected chi connectivity index (χ1v) is 6.36. The zero-order valence-corrected chi connectivity index (χ0v) is 10.5. The normalized spacial score (nSPS) is 16.3. The van der Waals surface area contributed by atoms with E-state index in [0.29, 0.717) is 18.7 Å². The summed E-state index contributed by atoms with van der Waals surface area (Å²) < 4.78 is 0. The van der Waals surface area contributed by atoms with E-state index in [4.69, 9.17) is 10.8 Å². The lowest BCUT2D eigenvalue weighted by atomic mass is 10.0. The maximum absolute atomic E-state index is 11.8. The Bertz CT molecular complexity index is 428. The van der Waals surface area contributed by atoms with Crippen LogP contribution in [0.1, 0.15) is 24.8 Å². The van der Waals surface area contributed by atoms with Crippen molar-refractivity contribution in [1.29, 1.82) is 0 Å². The number of carbonyl (C=O) groups excluding carboxylic acids is 1. The molecule has 1 saturated carbocycles. The molecule has 4 N–H and O–H groups in total. The molecule has 1 amide bonds. The topological polar surface area (TPSA) is 75.4 Å². The molecule has 0 aromatic heterocycles. The first kappa shape index (κ1) is 12.9. The van der Waals surface area contributed by atoms with Crippen LogP contribution in [0.3, 0.4) is 0 Å². The Labute approximate surface area is 107 Å². The van der Waals surface area contributed by atoms with E-state index in [0.717, 1.165) is 24.8 Å². The molecule has 0 unspecified atom stereocenters. The van der Waals surface area contributed by atoms with Gasteiger partial charge in [-0.25, -0.2) is 0 Å². The summed E-state index contributed by atoms with van der Waals surface area (Å²) in [6, 6.07) is 7.38. The third-order valence-corrected chi connectivity index (χ3v) is 3.58. The maximum Gasteiger partial charge on any atom is 0.224 e. The van der Waals surface area contributed by atoms with Crippen LogP contribution in [0.5, 0.6) is 0 Å². The Morgan fingerprint density at radius 1 is 1.44 bits per heavy atom. The highest BCUT2D eigenvalue weighted by molar-refractivity contribution is 5.78. The molecule has 0 atom stereocenters. The third kappa shape index (κ3) is 3.47. The van der Waals surface area contributed by atoms with Crippen LogP contribution in [0.4, 0.5) is 5.69 Å². The van der Waals surface area contributed by atoms with Crippen LogP contribution in [-0.2, 0) is 11.2 Å². The number of aliphatic hydroxyl groups is 1. The van der Waals surface area contributed by atoms with Gasteiger partial charge in [0.2, 0.25) is 5.91 Å². The fraction of sp³-hybridized carbons (Fsp3) is 0.500. The highest BCUT2D eigenvalue weighted by atomic mass is 16.3. The molecule has 0 saturated heterocycles. The Morgan fingerprint density at radius 3 is 2.83 bits per heavy atom. The molecular weight excluding hydrogens is 228 g/mol. The van der Waals surface area contributed by atoms with Crippen molar-refractivity contribution in [2.45, 2.75) is 25.7 Å². The second-order valence-electron chi connectivity index (χ2n) is 5.17. The van der Waals surface area contributed by atoms with Gasteiger partial charge in [-0.05, 0) is 42.4 Å². The van der Waals surface area contributed by atoms with E-state index in [1.165, 1.54) is 0 Å². The quantitative estimate of drug-likeness (QED) is 0.660. The van der Waals surface area contributed by atoms with Gasteiger partial charge >= 0.3 is 0 Å². The van der Waals surface area contributed by atoms with E-state index >= 15 is 0 Å². The summed E-state index contributed by atoms with van der Waals surface area (Å²) >= 11 is 0. The van der Waals surface area contributed by atoms with Crippen LogP contribution in [0.25, 0.3) is 0 Å². The number of aliphatic hydroxyl groups excluding tert-OH is 1. The lowest BCUT2D eigenvalue weighted by Crippen LogP contribution is -2.31. The van der Waals surface area contributed by atoms with Crippen molar-refractivity contribution in [3.63, 3.8) is 0 Å². The summed E-state index contributed by atoms with van der Waals surface area (Å²) in [6.07, 6.45) is 3.35. The first-order valence-electron chi connectivity index (χ1n) is 6.36. The minimum absolute atomic E-state index is 0.0183. The number of rotatable bonds is 6. The van der Waals surface area contributed by atoms with Crippen molar-refractivity contribution < 1.29 is 9.90 Å². The van der Waals surface area contributed by atoms with Gasteiger partial charge in [0.05, 0.1) is 6.42 Å². The summed E-state index contributed by atoms with van der Waals surface area (Å²) in [5, 5.41) is 11.9. The van der Waals surface area contributed by atoms with Crippen molar-refractivity contribution in [3.05, 3.63) is 29.8 Å². The Balaban J connectivity index is 1.79. The molecule has 2 rings (SSSR count). The first-order chi connectivity index (χ1) is 8.63. The highest BCUT2D eigenvalue weighted by Gasteiger charge is 2.41. The summed E-state index contributed by atoms with van der Waals surface area (Å²) in [6.45, 7) is 0.875. The maximum atomic E-state index is 11.8. The molecule has 18 heavy (non-hydrogen) atoms. The van der Waals surface area contributed by atoms with E-state index in [1.807, 2.05) is 24.3 Å². The monoisotopic (exact) mass is 248 g/mol. The fourth-order valence-electron chi connectivity index (χ4n) is 2.17. The Morgan fingerprint density at radius 2 is 2.22 bits per heavy atom. The van der Waals surface area contributed by atoms with Crippen LogP contribution in [0, 0.1) is 5.41 Å². The molecule has 4 nitrogen and oxygen atoms in total. The largest absolute Gasteiger partial charge is 0.399 e. The molecule has 0 bridgehead atoms. The fourth-order valence-corrected chi connectivity index (χ4v) is 2.17. The van der Waals surface area contributed by atoms with Crippen molar-refractivity contribution in [1.82, 2.24) is 5.32 Å². The van der Waals surface area contributed by atoms with E-state index < -0.39 is 0 Å². The van der Waals surface area contributed by atoms with Gasteiger partial charge in [-0.2, -0.15) is 0 Å². The zero-order valence-electron chi connectivity index (χ0n) is 10.5. The van der Waals surface area contributed by atoms with Crippen molar-refractivity contribution in [3.8, 4) is 0 Å². The predicted octanol–water partition coefficient (Wildman–Crippen LogP) is 1.09. The van der Waals surface area contributed by atoms with Crippen molar-refractivity contribution >= 4 is 11.6 Å². The van der Waals surface area contributed by atoms with E-state index in [2.05, 4.69) is 5.32 Å². The minimum Gasteiger partial charge on any atom is -0.399 e. The molecule has 1 aliphatic carbocycles. The summed E-state index contributed by atoms with van der Waals surface area (Å²) in [5.41, 5.74) is 7.44. The molecule has 0 spiro atoms. The van der Waals surface area contributed by atoms with Gasteiger partial charge in [-0.1, -0.05) is 12.1 Å². The van der Waals surface area contributed by atoms with Crippen LogP contribution in [0.2, 0.25) is 0 Å². The molecular formula is C14H20N2O2. The Hall–Kier alpha value is -1.55. The number of nitrogen functional groups attached to an aromatic ring is 1. The standard InChI is InChI=1S/C14H20N2O2/c15-12-3-1-2-11(8-12)9-13(18)16-10-14(4-5-14)6-7-17/h1-3,8,17H,4-7,9-10,15H2,(H,16,18). The van der Waals surface area contributed by atoms with Gasteiger partial charge in [-0.15, -0.1) is 0 Å². The zero-order chi connectivity index (χ0) is 13.0. The van der Waals surface area contributed by atoms with Gasteiger partial charge in [0.15, 0.2) is 0 Å². The molecule has 0 radical (unpaired) electrons. The van der Waals surface area contributed by atoms with Crippen LogP contribution in [-0.4, -0.2) is 24.2 Å². The van der Waals surface area contributed by atoms with Crippen molar-refractivity contribution in [2.75, 3.05) is 18.9 Å². The van der Waals surface area contributed by atoms with Gasteiger partial charge in [0.1, 0.15) is 0 Å². The molecule has 1 fully saturated rings. The minimum atomic E-state index is 0.0183. The van der Waals surface area contributed by atoms with Gasteiger partial charge in [-0.3, -0.25) is 4.79 Å². The van der Waals surface area contributed by atoms with Crippen LogP contribution >= 0.6 is 0 Å². The van der Waals surface area contributed by atoms with Crippen molar-refractivity contribution in [2.24, 2.45) is 5.41 Å². The lowest BCUT2D eigenvalue weighted by Gasteiger charge is -2.14. The van der Waals surface area contributed by atoms with E-state index in [9.17, 15) is 4.79 Å². The predicted molar refractivity (Wildman–Crippen MR) is 70.9 cm³/mol. The second kappa shape index (κ2) is 5.40. The molecule has 4 heteroatoms. The number of benzene rings is 1. The Kier molecular flexibility index (Phi) is 3.87. The summed E-state index contributed by atoms with van der Waals surface area (Å²) in [5.74, 6) is 0.0183. The summed E-state index contributed by atoms with van der Waals surface area (Å²) in [7, 11) is 0. The van der Waals surface area contributed by atoms with Gasteiger partial charge < -0.3 is 16.2 Å². The highest BCUT2D eigenvalue weighted by Crippen LogP contribution is 2.47. The number of nitrogens with one attached hydrogen (secondary N) is 1. The summed E-state index contributed by atoms with van der Waals surface area (Å²) in [4.78, 5) is 11.8. The third-order valence-electron chi connectivity index (χ3n) is 3.58. The molecule has 1 aliphatic rings. The number of hydrogen-bond donors (Lipinski definition) is 3. The number of nitrogens with two attached hydrogens (primary N) is 1. The number of amides is 1. The lowest BCUT2D eigenvalue weighted by molar-refractivity contribution is -0.120. The van der Waals surface area contributed by atoms with Gasteiger partial charge in [0.25, 0.3) is 0 Å². The molecule has 0 heterocycles. The van der Waals surface area contributed by atoms with Crippen LogP contribution in [0.15, 0.2) is 24.3 Å². The number of anilines is 1. The number of carbonyl (C=O) groups is 1. The number of hydrogen-bond acceptors (Lipinski definition) is 3. The molecule has 1 aromatic carbocycles. The second-order valence-corrected chi connectivity index (χ2v) is 5.17. The van der Waals surface area contributed by atoms with Gasteiger partial charge in [0, 0.05) is 18.8 Å². The molecule has 98 valence electrons.